The van der Waals surface area contributed by atoms with E-state index in [4.69, 9.17) is 0 Å². The Morgan fingerprint density at radius 1 is 1.09 bits per heavy atom. The van der Waals surface area contributed by atoms with Gasteiger partial charge in [-0.05, 0) is 67.2 Å². The summed E-state index contributed by atoms with van der Waals surface area (Å²) in [5, 5.41) is 0. The highest BCUT2D eigenvalue weighted by Crippen LogP contribution is 2.26. The summed E-state index contributed by atoms with van der Waals surface area (Å²) >= 11 is 0. The Balaban J connectivity index is 1.22. The van der Waals surface area contributed by atoms with Crippen LogP contribution in [0.1, 0.15) is 66.1 Å². The largest absolute Gasteiger partial charge is 0.341 e. The van der Waals surface area contributed by atoms with Crippen molar-refractivity contribution in [1.29, 1.82) is 0 Å². The Morgan fingerprint density at radius 2 is 1.82 bits per heavy atom. The van der Waals surface area contributed by atoms with Crippen molar-refractivity contribution in [3.8, 4) is 0 Å². The van der Waals surface area contributed by atoms with Gasteiger partial charge in [0.05, 0.1) is 6.26 Å². The van der Waals surface area contributed by atoms with Crippen molar-refractivity contribution in [3.05, 3.63) is 52.8 Å². The second-order valence-electron chi connectivity index (χ2n) is 9.32. The first-order valence-corrected chi connectivity index (χ1v) is 13.8. The zero-order valence-electron chi connectivity index (χ0n) is 19.7. The monoisotopic (exact) mass is 470 g/mol. The molecule has 0 amide bonds. The van der Waals surface area contributed by atoms with Crippen molar-refractivity contribution in [2.75, 3.05) is 30.8 Å². The summed E-state index contributed by atoms with van der Waals surface area (Å²) in [5.74, 6) is 1.66. The molecule has 0 saturated carbocycles. The predicted molar refractivity (Wildman–Crippen MR) is 130 cm³/mol. The van der Waals surface area contributed by atoms with Gasteiger partial charge in [-0.15, -0.1) is 0 Å². The van der Waals surface area contributed by atoms with E-state index in [2.05, 4.69) is 21.8 Å². The average molecular weight is 471 g/mol. The number of piperidine rings is 1. The molecule has 0 atom stereocenters. The first-order valence-electron chi connectivity index (χ1n) is 12.0. The number of carbonyl (C=O) groups is 1. The van der Waals surface area contributed by atoms with Crippen LogP contribution >= 0.6 is 0 Å². The number of ketones is 1. The number of hydrogen-bond donors (Lipinski definition) is 0. The van der Waals surface area contributed by atoms with E-state index in [1.807, 2.05) is 30.6 Å². The maximum absolute atomic E-state index is 12.8. The molecule has 2 aliphatic rings. The van der Waals surface area contributed by atoms with Gasteiger partial charge in [0.15, 0.2) is 5.78 Å². The van der Waals surface area contributed by atoms with Gasteiger partial charge in [-0.25, -0.2) is 18.4 Å². The van der Waals surface area contributed by atoms with Gasteiger partial charge >= 0.3 is 0 Å². The minimum Gasteiger partial charge on any atom is -0.341 e. The van der Waals surface area contributed by atoms with Gasteiger partial charge in [-0.1, -0.05) is 19.1 Å². The molecule has 2 aromatic rings. The van der Waals surface area contributed by atoms with Crippen molar-refractivity contribution >= 4 is 21.8 Å². The van der Waals surface area contributed by atoms with Crippen molar-refractivity contribution in [3.63, 3.8) is 0 Å². The topological polar surface area (TPSA) is 83.5 Å². The van der Waals surface area contributed by atoms with Gasteiger partial charge in [-0.2, -0.15) is 4.31 Å². The van der Waals surface area contributed by atoms with Crippen LogP contribution in [0, 0.1) is 5.92 Å². The summed E-state index contributed by atoms with van der Waals surface area (Å²) in [6.45, 7) is 4.93. The third kappa shape index (κ3) is 5.98. The number of nitrogens with zero attached hydrogens (tertiary/aromatic N) is 4. The fourth-order valence-corrected chi connectivity index (χ4v) is 5.59. The third-order valence-electron chi connectivity index (χ3n) is 6.99. The van der Waals surface area contributed by atoms with Gasteiger partial charge in [0.25, 0.3) is 0 Å². The Labute approximate surface area is 197 Å². The normalized spacial score (nSPS) is 17.7. The standard InChI is InChI=1S/C25H34N4O3S/c1-3-19-16-26-25(27-17-19)28-12-9-20(10-13-28)5-4-6-24(30)22-7-8-23-18-29(33(2,31)32)14-11-21(23)15-22/h7-8,15-17,20H,3-6,9-14,18H2,1-2H3. The van der Waals surface area contributed by atoms with E-state index in [0.717, 1.165) is 73.4 Å². The van der Waals surface area contributed by atoms with E-state index >= 15 is 0 Å². The molecule has 1 saturated heterocycles. The number of benzene rings is 1. The zero-order chi connectivity index (χ0) is 23.4. The number of fused-ring (bicyclic) bond motifs is 1. The first kappa shape index (κ1) is 23.8. The molecule has 8 heteroatoms. The maximum atomic E-state index is 12.8. The van der Waals surface area contributed by atoms with E-state index in [9.17, 15) is 13.2 Å². The van der Waals surface area contributed by atoms with Crippen LogP contribution in [0.3, 0.4) is 0 Å². The van der Waals surface area contributed by atoms with Crippen LogP contribution in [0.15, 0.2) is 30.6 Å². The summed E-state index contributed by atoms with van der Waals surface area (Å²) in [7, 11) is -3.18. The molecule has 1 aromatic carbocycles. The van der Waals surface area contributed by atoms with Crippen LogP contribution < -0.4 is 4.90 Å². The van der Waals surface area contributed by atoms with E-state index in [-0.39, 0.29) is 5.78 Å². The summed E-state index contributed by atoms with van der Waals surface area (Å²) in [6, 6.07) is 5.75. The molecule has 178 valence electrons. The molecule has 7 nitrogen and oxygen atoms in total. The predicted octanol–water partition coefficient (Wildman–Crippen LogP) is 3.63. The minimum atomic E-state index is -3.18. The summed E-state index contributed by atoms with van der Waals surface area (Å²) in [5.41, 5.74) is 4.02. The van der Waals surface area contributed by atoms with Crippen molar-refractivity contribution in [2.45, 2.75) is 58.4 Å². The Hall–Kier alpha value is -2.32. The Kier molecular flexibility index (Phi) is 7.44. The molecule has 3 heterocycles. The number of aryl methyl sites for hydroxylation is 1. The summed E-state index contributed by atoms with van der Waals surface area (Å²) < 4.78 is 25.1. The summed E-state index contributed by atoms with van der Waals surface area (Å²) in [6.07, 6.45) is 11.5. The van der Waals surface area contributed by atoms with E-state index in [1.54, 1.807) is 0 Å². The van der Waals surface area contributed by atoms with Crippen LogP contribution in [-0.4, -0.2) is 54.4 Å². The molecule has 0 spiro atoms. The number of sulfonamides is 1. The van der Waals surface area contributed by atoms with E-state index in [1.165, 1.54) is 10.6 Å². The maximum Gasteiger partial charge on any atom is 0.225 e. The summed E-state index contributed by atoms with van der Waals surface area (Å²) in [4.78, 5) is 24.0. The molecule has 4 rings (SSSR count). The molecule has 0 unspecified atom stereocenters. The van der Waals surface area contributed by atoms with Gasteiger partial charge in [0.1, 0.15) is 0 Å². The van der Waals surface area contributed by atoms with Crippen LogP contribution in [0.2, 0.25) is 0 Å². The fraction of sp³-hybridized carbons (Fsp3) is 0.560. The Bertz CT molecular complexity index is 1080. The van der Waals surface area contributed by atoms with Crippen molar-refractivity contribution in [1.82, 2.24) is 14.3 Å². The molecule has 1 fully saturated rings. The third-order valence-corrected chi connectivity index (χ3v) is 8.24. The molecule has 2 aliphatic heterocycles. The van der Waals surface area contributed by atoms with Crippen molar-refractivity contribution < 1.29 is 13.2 Å². The Morgan fingerprint density at radius 3 is 2.48 bits per heavy atom. The molecular formula is C25H34N4O3S. The highest BCUT2D eigenvalue weighted by atomic mass is 32.2. The lowest BCUT2D eigenvalue weighted by atomic mass is 9.90. The minimum absolute atomic E-state index is 0.185. The fourth-order valence-electron chi connectivity index (χ4n) is 4.79. The number of hydrogen-bond acceptors (Lipinski definition) is 6. The van der Waals surface area contributed by atoms with Crippen LogP contribution in [0.5, 0.6) is 0 Å². The quantitative estimate of drug-likeness (QED) is 0.548. The molecular weight excluding hydrogens is 436 g/mol. The number of anilines is 1. The highest BCUT2D eigenvalue weighted by molar-refractivity contribution is 7.88. The van der Waals surface area contributed by atoms with Crippen LogP contribution in [0.25, 0.3) is 0 Å². The van der Waals surface area contributed by atoms with Gasteiger partial charge in [0.2, 0.25) is 16.0 Å². The molecule has 0 N–H and O–H groups in total. The molecule has 33 heavy (non-hydrogen) atoms. The van der Waals surface area contributed by atoms with Crippen LogP contribution in [-0.2, 0) is 29.4 Å². The zero-order valence-corrected chi connectivity index (χ0v) is 20.5. The SMILES string of the molecule is CCc1cnc(N2CCC(CCCC(=O)c3ccc4c(c3)CCN(S(C)(=O)=O)C4)CC2)nc1. The number of rotatable bonds is 8. The molecule has 0 bridgehead atoms. The lowest BCUT2D eigenvalue weighted by Gasteiger charge is -2.32. The number of Topliss-reactive ketones (excluding diaryl/α,β-unsaturated/α-hetero) is 1. The first-order chi connectivity index (χ1) is 15.8. The molecule has 0 radical (unpaired) electrons. The van der Waals surface area contributed by atoms with E-state index < -0.39 is 10.0 Å². The van der Waals surface area contributed by atoms with Crippen LogP contribution in [0.4, 0.5) is 5.95 Å². The second kappa shape index (κ2) is 10.3. The second-order valence-corrected chi connectivity index (χ2v) is 11.3. The molecule has 0 aliphatic carbocycles. The van der Waals surface area contributed by atoms with Gasteiger partial charge < -0.3 is 4.90 Å². The lowest BCUT2D eigenvalue weighted by molar-refractivity contribution is 0.0977. The smallest absolute Gasteiger partial charge is 0.225 e. The van der Waals surface area contributed by atoms with E-state index in [0.29, 0.717) is 31.8 Å². The number of aromatic nitrogens is 2. The van der Waals surface area contributed by atoms with Crippen molar-refractivity contribution in [2.24, 2.45) is 5.92 Å². The highest BCUT2D eigenvalue weighted by Gasteiger charge is 2.24. The average Bonchev–Trinajstić information content (AvgIpc) is 2.83. The van der Waals surface area contributed by atoms with Gasteiger partial charge in [0, 0.05) is 50.6 Å². The lowest BCUT2D eigenvalue weighted by Crippen LogP contribution is -2.35. The van der Waals surface area contributed by atoms with Gasteiger partial charge in [-0.3, -0.25) is 4.79 Å². The molecule has 1 aromatic heterocycles. The number of carbonyl (C=O) groups excluding carboxylic acids is 1.